The summed E-state index contributed by atoms with van der Waals surface area (Å²) in [4.78, 5) is 11.6. The lowest BCUT2D eigenvalue weighted by atomic mass is 10.2. The van der Waals surface area contributed by atoms with Gasteiger partial charge in [0.05, 0.1) is 5.75 Å². The molecule has 6 nitrogen and oxygen atoms in total. The molecular weight excluding hydrogens is 290 g/mol. The highest BCUT2D eigenvalue weighted by atomic mass is 32.2. The quantitative estimate of drug-likeness (QED) is 0.606. The third kappa shape index (κ3) is 7.10. The van der Waals surface area contributed by atoms with Gasteiger partial charge in [0.2, 0.25) is 15.9 Å². The van der Waals surface area contributed by atoms with Gasteiger partial charge in [0.1, 0.15) is 0 Å². The molecule has 0 bridgehead atoms. The van der Waals surface area contributed by atoms with Gasteiger partial charge in [0.15, 0.2) is 0 Å². The van der Waals surface area contributed by atoms with Crippen molar-refractivity contribution >= 4 is 27.3 Å². The molecule has 0 aliphatic rings. The van der Waals surface area contributed by atoms with Gasteiger partial charge in [-0.15, -0.1) is 0 Å². The summed E-state index contributed by atoms with van der Waals surface area (Å²) >= 11 is 0. The van der Waals surface area contributed by atoms with E-state index in [1.165, 1.54) is 0 Å². The van der Waals surface area contributed by atoms with Gasteiger partial charge in [0.25, 0.3) is 0 Å². The zero-order chi connectivity index (χ0) is 15.7. The first kappa shape index (κ1) is 17.5. The Balaban J connectivity index is 2.52. The number of sulfonamides is 1. The van der Waals surface area contributed by atoms with E-state index in [0.717, 1.165) is 13.0 Å². The number of amides is 1. The summed E-state index contributed by atoms with van der Waals surface area (Å²) in [5, 5.41) is 5.75. The van der Waals surface area contributed by atoms with Gasteiger partial charge in [-0.1, -0.05) is 6.92 Å². The van der Waals surface area contributed by atoms with Crippen molar-refractivity contribution in [2.75, 3.05) is 29.4 Å². The maximum absolute atomic E-state index is 11.6. The molecule has 0 aliphatic carbocycles. The number of anilines is 2. The van der Waals surface area contributed by atoms with Gasteiger partial charge < -0.3 is 10.6 Å². The second kappa shape index (κ2) is 8.63. The third-order valence-corrected chi connectivity index (χ3v) is 4.24. The van der Waals surface area contributed by atoms with Gasteiger partial charge in [-0.2, -0.15) is 0 Å². The SMILES string of the molecule is CCCS(=O)(=O)Nc1ccc(NC(=O)CCCNC)cc1. The van der Waals surface area contributed by atoms with Crippen molar-refractivity contribution < 1.29 is 13.2 Å². The summed E-state index contributed by atoms with van der Waals surface area (Å²) in [6, 6.07) is 6.63. The van der Waals surface area contributed by atoms with Crippen molar-refractivity contribution in [3.8, 4) is 0 Å². The molecule has 0 fully saturated rings. The summed E-state index contributed by atoms with van der Waals surface area (Å²) in [6.07, 6.45) is 1.79. The van der Waals surface area contributed by atoms with E-state index < -0.39 is 10.0 Å². The number of carbonyl (C=O) groups is 1. The topological polar surface area (TPSA) is 87.3 Å². The average molecular weight is 313 g/mol. The van der Waals surface area contributed by atoms with Crippen LogP contribution in [0.25, 0.3) is 0 Å². The van der Waals surface area contributed by atoms with E-state index in [-0.39, 0.29) is 11.7 Å². The second-order valence-electron chi connectivity index (χ2n) is 4.75. The van der Waals surface area contributed by atoms with E-state index >= 15 is 0 Å². The molecule has 0 aliphatic heterocycles. The number of hydrogen-bond acceptors (Lipinski definition) is 4. The first-order chi connectivity index (χ1) is 9.96. The predicted molar refractivity (Wildman–Crippen MR) is 85.9 cm³/mol. The number of rotatable bonds is 9. The van der Waals surface area contributed by atoms with Crippen molar-refractivity contribution in [1.29, 1.82) is 0 Å². The molecule has 1 aromatic rings. The highest BCUT2D eigenvalue weighted by Crippen LogP contribution is 2.15. The van der Waals surface area contributed by atoms with Crippen molar-refractivity contribution in [1.82, 2.24) is 5.32 Å². The van der Waals surface area contributed by atoms with Crippen LogP contribution in [0.1, 0.15) is 26.2 Å². The van der Waals surface area contributed by atoms with Crippen LogP contribution in [0.3, 0.4) is 0 Å². The molecule has 0 atom stereocenters. The molecule has 0 saturated carbocycles. The smallest absolute Gasteiger partial charge is 0.232 e. The Labute approximate surface area is 126 Å². The lowest BCUT2D eigenvalue weighted by molar-refractivity contribution is -0.116. The maximum Gasteiger partial charge on any atom is 0.232 e. The monoisotopic (exact) mass is 313 g/mol. The number of benzene rings is 1. The van der Waals surface area contributed by atoms with Crippen LogP contribution in [0, 0.1) is 0 Å². The molecule has 1 rings (SSSR count). The Bertz CT molecular complexity index is 541. The fourth-order valence-electron chi connectivity index (χ4n) is 1.77. The maximum atomic E-state index is 11.6. The highest BCUT2D eigenvalue weighted by Gasteiger charge is 2.08. The minimum Gasteiger partial charge on any atom is -0.326 e. The van der Waals surface area contributed by atoms with Crippen molar-refractivity contribution in [2.24, 2.45) is 0 Å². The van der Waals surface area contributed by atoms with Crippen LogP contribution in [0.4, 0.5) is 11.4 Å². The Morgan fingerprint density at radius 1 is 1.14 bits per heavy atom. The minimum atomic E-state index is -3.28. The third-order valence-electron chi connectivity index (χ3n) is 2.75. The van der Waals surface area contributed by atoms with Gasteiger partial charge in [-0.3, -0.25) is 9.52 Å². The normalized spacial score (nSPS) is 11.1. The molecule has 1 amide bonds. The molecule has 0 saturated heterocycles. The summed E-state index contributed by atoms with van der Waals surface area (Å²) in [5.74, 6) is 0.0429. The molecule has 21 heavy (non-hydrogen) atoms. The molecule has 3 N–H and O–H groups in total. The summed E-state index contributed by atoms with van der Waals surface area (Å²) in [6.45, 7) is 2.61. The first-order valence-electron chi connectivity index (χ1n) is 7.02. The average Bonchev–Trinajstić information content (AvgIpc) is 2.41. The Kier molecular flexibility index (Phi) is 7.18. The predicted octanol–water partition coefficient (Wildman–Crippen LogP) is 1.78. The lowest BCUT2D eigenvalue weighted by Gasteiger charge is -2.09. The Morgan fingerprint density at radius 3 is 2.33 bits per heavy atom. The van der Waals surface area contributed by atoms with Gasteiger partial charge in [-0.25, -0.2) is 8.42 Å². The zero-order valence-electron chi connectivity index (χ0n) is 12.5. The molecule has 0 aromatic heterocycles. The van der Waals surface area contributed by atoms with Gasteiger partial charge >= 0.3 is 0 Å². The van der Waals surface area contributed by atoms with Crippen LogP contribution in [-0.2, 0) is 14.8 Å². The first-order valence-corrected chi connectivity index (χ1v) is 8.67. The Morgan fingerprint density at radius 2 is 1.76 bits per heavy atom. The van der Waals surface area contributed by atoms with Crippen LogP contribution >= 0.6 is 0 Å². The molecule has 1 aromatic carbocycles. The highest BCUT2D eigenvalue weighted by molar-refractivity contribution is 7.92. The van der Waals surface area contributed by atoms with E-state index in [4.69, 9.17) is 0 Å². The Hall–Kier alpha value is -1.60. The van der Waals surface area contributed by atoms with E-state index in [9.17, 15) is 13.2 Å². The van der Waals surface area contributed by atoms with Crippen LogP contribution in [0.2, 0.25) is 0 Å². The molecule has 0 radical (unpaired) electrons. The number of carbonyl (C=O) groups excluding carboxylic acids is 1. The molecule has 0 unspecified atom stereocenters. The van der Waals surface area contributed by atoms with Gasteiger partial charge in [0, 0.05) is 17.8 Å². The van der Waals surface area contributed by atoms with Crippen LogP contribution in [0.15, 0.2) is 24.3 Å². The van der Waals surface area contributed by atoms with Crippen LogP contribution in [-0.4, -0.2) is 33.7 Å². The molecule has 0 spiro atoms. The van der Waals surface area contributed by atoms with E-state index in [1.54, 1.807) is 24.3 Å². The van der Waals surface area contributed by atoms with Crippen molar-refractivity contribution in [3.05, 3.63) is 24.3 Å². The second-order valence-corrected chi connectivity index (χ2v) is 6.60. The van der Waals surface area contributed by atoms with E-state index in [1.807, 2.05) is 14.0 Å². The number of nitrogens with one attached hydrogen (secondary N) is 3. The largest absolute Gasteiger partial charge is 0.326 e. The fourth-order valence-corrected chi connectivity index (χ4v) is 2.90. The zero-order valence-corrected chi connectivity index (χ0v) is 13.3. The lowest BCUT2D eigenvalue weighted by Crippen LogP contribution is -2.16. The summed E-state index contributed by atoms with van der Waals surface area (Å²) in [7, 11) is -1.44. The van der Waals surface area contributed by atoms with Gasteiger partial charge in [-0.05, 0) is 50.7 Å². The van der Waals surface area contributed by atoms with Crippen LogP contribution < -0.4 is 15.4 Å². The summed E-state index contributed by atoms with van der Waals surface area (Å²) in [5.41, 5.74) is 1.15. The van der Waals surface area contributed by atoms with Crippen LogP contribution in [0.5, 0.6) is 0 Å². The van der Waals surface area contributed by atoms with E-state index in [2.05, 4.69) is 15.4 Å². The molecular formula is C14H23N3O3S. The van der Waals surface area contributed by atoms with E-state index in [0.29, 0.717) is 24.2 Å². The number of hydrogen-bond donors (Lipinski definition) is 3. The summed E-state index contributed by atoms with van der Waals surface area (Å²) < 4.78 is 25.7. The molecule has 118 valence electrons. The van der Waals surface area contributed by atoms with Crippen molar-refractivity contribution in [2.45, 2.75) is 26.2 Å². The molecule has 7 heteroatoms. The van der Waals surface area contributed by atoms with Crippen molar-refractivity contribution in [3.63, 3.8) is 0 Å². The minimum absolute atomic E-state index is 0.0513. The fraction of sp³-hybridized carbons (Fsp3) is 0.500. The molecule has 0 heterocycles. The standard InChI is InChI=1S/C14H23N3O3S/c1-3-11-21(19,20)17-13-8-6-12(7-9-13)16-14(18)5-4-10-15-2/h6-9,15,17H,3-5,10-11H2,1-2H3,(H,16,18).